The first-order valence-electron chi connectivity index (χ1n) is 13.5. The van der Waals surface area contributed by atoms with Crippen molar-refractivity contribution < 1.29 is 28.6 Å². The highest BCUT2D eigenvalue weighted by atomic mass is 19.1. The van der Waals surface area contributed by atoms with Gasteiger partial charge in [-0.2, -0.15) is 5.10 Å². The van der Waals surface area contributed by atoms with Crippen molar-refractivity contribution in [3.05, 3.63) is 75.9 Å². The minimum atomic E-state index is -1.44. The van der Waals surface area contributed by atoms with Crippen molar-refractivity contribution in [1.82, 2.24) is 14.6 Å². The van der Waals surface area contributed by atoms with Crippen LogP contribution < -0.4 is 10.1 Å². The van der Waals surface area contributed by atoms with Gasteiger partial charge in [-0.05, 0) is 78.1 Å². The predicted octanol–water partition coefficient (Wildman–Crippen LogP) is 5.98. The second-order valence-electron chi connectivity index (χ2n) is 11.3. The highest BCUT2D eigenvalue weighted by Gasteiger charge is 2.35. The maximum atomic E-state index is 15.5. The van der Waals surface area contributed by atoms with E-state index in [9.17, 15) is 14.7 Å². The Balaban J connectivity index is 1.76. The molecule has 2 aromatic carbocycles. The van der Waals surface area contributed by atoms with Gasteiger partial charge < -0.3 is 19.9 Å². The van der Waals surface area contributed by atoms with Crippen LogP contribution in [0.2, 0.25) is 0 Å². The normalized spacial score (nSPS) is 13.9. The summed E-state index contributed by atoms with van der Waals surface area (Å²) in [5.41, 5.74) is 3.96. The number of rotatable bonds is 6. The Morgan fingerprint density at radius 1 is 1.15 bits per heavy atom. The fraction of sp³-hybridized carbons (Fsp3) is 0.355. The fourth-order valence-electron chi connectivity index (χ4n) is 5.14. The number of fused-ring (bicyclic) bond motifs is 2. The third-order valence-electron chi connectivity index (χ3n) is 7.02. The molecule has 0 spiro atoms. The SMILES string of the molecule is Cc1ccc(NC(=O)c2cc3nc(C)c(C(OC(C)(C)C)C(=O)O)c(-c4cc(F)c5c(c4C)CCCO5)n3n2)cc1. The smallest absolute Gasteiger partial charge is 0.337 e. The number of aliphatic carboxylic acids is 1. The number of amides is 1. The van der Waals surface area contributed by atoms with Gasteiger partial charge in [0.05, 0.1) is 17.9 Å². The van der Waals surface area contributed by atoms with E-state index in [1.807, 2.05) is 26.0 Å². The molecule has 1 unspecified atom stereocenters. The molecule has 0 radical (unpaired) electrons. The molecule has 9 nitrogen and oxygen atoms in total. The fourth-order valence-corrected chi connectivity index (χ4v) is 5.14. The molecular formula is C31H33FN4O5. The summed E-state index contributed by atoms with van der Waals surface area (Å²) in [4.78, 5) is 30.5. The zero-order chi connectivity index (χ0) is 29.6. The number of ether oxygens (including phenoxy) is 2. The van der Waals surface area contributed by atoms with E-state index in [1.54, 1.807) is 39.8 Å². The lowest BCUT2D eigenvalue weighted by molar-refractivity contribution is -0.160. The number of halogens is 1. The number of nitrogens with zero attached hydrogens (tertiary/aromatic N) is 3. The van der Waals surface area contributed by atoms with Crippen LogP contribution in [0.1, 0.15) is 71.7 Å². The standard InChI is InChI=1S/C31H33FN4O5/c1-16-9-11-19(12-10-16)34-29(37)23-15-24-33-18(3)25(28(30(38)39)41-31(4,5)6)26(36(24)35-23)21-14-22(32)27-20(17(21)2)8-7-13-40-27/h9-12,14-15,28H,7-8,13H2,1-6H3,(H,34,37)(H,38,39). The first-order chi connectivity index (χ1) is 19.3. The van der Waals surface area contributed by atoms with Crippen LogP contribution >= 0.6 is 0 Å². The van der Waals surface area contributed by atoms with Crippen LogP contribution in [0.15, 0.2) is 36.4 Å². The van der Waals surface area contributed by atoms with Crippen molar-refractivity contribution >= 4 is 23.2 Å². The monoisotopic (exact) mass is 560 g/mol. The Labute approximate surface area is 237 Å². The molecule has 5 rings (SSSR count). The molecule has 1 amide bonds. The largest absolute Gasteiger partial charge is 0.490 e. The van der Waals surface area contributed by atoms with Crippen LogP contribution in [0.3, 0.4) is 0 Å². The van der Waals surface area contributed by atoms with E-state index in [1.165, 1.54) is 16.6 Å². The van der Waals surface area contributed by atoms with E-state index in [-0.39, 0.29) is 17.0 Å². The van der Waals surface area contributed by atoms with E-state index >= 15 is 4.39 Å². The van der Waals surface area contributed by atoms with Crippen LogP contribution in [0.25, 0.3) is 16.9 Å². The van der Waals surface area contributed by atoms with E-state index in [4.69, 9.17) is 9.47 Å². The number of hydrogen-bond acceptors (Lipinski definition) is 6. The molecule has 3 heterocycles. The molecule has 41 heavy (non-hydrogen) atoms. The van der Waals surface area contributed by atoms with E-state index < -0.39 is 29.4 Å². The molecule has 0 saturated carbocycles. The van der Waals surface area contributed by atoms with Crippen LogP contribution in [0.4, 0.5) is 10.1 Å². The van der Waals surface area contributed by atoms with Crippen LogP contribution in [-0.2, 0) is 16.0 Å². The summed E-state index contributed by atoms with van der Waals surface area (Å²) in [6.45, 7) is 11.2. The molecule has 0 fully saturated rings. The third-order valence-corrected chi connectivity index (χ3v) is 7.02. The van der Waals surface area contributed by atoms with Crippen molar-refractivity contribution in [2.45, 2.75) is 66.1 Å². The molecule has 214 valence electrons. The molecule has 0 bridgehead atoms. The van der Waals surface area contributed by atoms with Crippen LogP contribution in [-0.4, -0.2) is 43.8 Å². The van der Waals surface area contributed by atoms with Gasteiger partial charge in [-0.3, -0.25) is 4.79 Å². The summed E-state index contributed by atoms with van der Waals surface area (Å²) in [5.74, 6) is -2.04. The molecule has 1 atom stereocenters. The van der Waals surface area contributed by atoms with E-state index in [2.05, 4.69) is 15.4 Å². The number of carboxylic acid groups (broad SMARTS) is 1. The van der Waals surface area contributed by atoms with E-state index in [0.29, 0.717) is 46.9 Å². The second-order valence-corrected chi connectivity index (χ2v) is 11.3. The molecule has 10 heteroatoms. The third kappa shape index (κ3) is 5.52. The number of carbonyl (C=O) groups is 2. The average Bonchev–Trinajstić information content (AvgIpc) is 3.33. The predicted molar refractivity (Wildman–Crippen MR) is 152 cm³/mol. The van der Waals surface area contributed by atoms with Crippen molar-refractivity contribution in [2.75, 3.05) is 11.9 Å². The highest BCUT2D eigenvalue weighted by Crippen LogP contribution is 2.41. The molecule has 1 aliphatic heterocycles. The molecule has 1 aliphatic rings. The number of benzene rings is 2. The lowest BCUT2D eigenvalue weighted by Gasteiger charge is -2.28. The zero-order valence-electron chi connectivity index (χ0n) is 24.0. The summed E-state index contributed by atoms with van der Waals surface area (Å²) < 4.78 is 28.6. The van der Waals surface area contributed by atoms with Crippen molar-refractivity contribution in [2.24, 2.45) is 0 Å². The Morgan fingerprint density at radius 3 is 2.51 bits per heavy atom. The van der Waals surface area contributed by atoms with Crippen LogP contribution in [0, 0.1) is 26.6 Å². The number of carboxylic acids is 1. The first kappa shape index (κ1) is 28.2. The van der Waals surface area contributed by atoms with Gasteiger partial charge in [0.1, 0.15) is 0 Å². The van der Waals surface area contributed by atoms with Crippen molar-refractivity contribution in [3.8, 4) is 17.0 Å². The van der Waals surface area contributed by atoms with Gasteiger partial charge in [0.25, 0.3) is 5.91 Å². The molecule has 2 N–H and O–H groups in total. The minimum Gasteiger partial charge on any atom is -0.490 e. The number of hydrogen-bond donors (Lipinski definition) is 2. The Kier molecular flexibility index (Phi) is 7.29. The zero-order valence-corrected chi connectivity index (χ0v) is 24.0. The number of nitrogens with one attached hydrogen (secondary N) is 1. The van der Waals surface area contributed by atoms with Gasteiger partial charge in [-0.1, -0.05) is 17.7 Å². The van der Waals surface area contributed by atoms with Gasteiger partial charge >= 0.3 is 5.97 Å². The summed E-state index contributed by atoms with van der Waals surface area (Å²) >= 11 is 0. The number of anilines is 1. The van der Waals surface area contributed by atoms with Gasteiger partial charge in [0, 0.05) is 34.1 Å². The van der Waals surface area contributed by atoms with E-state index in [0.717, 1.165) is 17.5 Å². The highest BCUT2D eigenvalue weighted by molar-refractivity contribution is 6.03. The molecule has 2 aromatic heterocycles. The summed E-state index contributed by atoms with van der Waals surface area (Å²) in [6.07, 6.45) is -0.103. The van der Waals surface area contributed by atoms with Gasteiger partial charge in [0.15, 0.2) is 29.0 Å². The van der Waals surface area contributed by atoms with Gasteiger partial charge in [0.2, 0.25) is 0 Å². The molecule has 4 aromatic rings. The lowest BCUT2D eigenvalue weighted by Crippen LogP contribution is -2.29. The summed E-state index contributed by atoms with van der Waals surface area (Å²) in [6, 6.07) is 10.2. The van der Waals surface area contributed by atoms with Gasteiger partial charge in [-0.25, -0.2) is 18.7 Å². The molecular weight excluding hydrogens is 527 g/mol. The number of aryl methyl sites for hydroxylation is 2. The Bertz CT molecular complexity index is 1670. The first-order valence-corrected chi connectivity index (χ1v) is 13.5. The maximum absolute atomic E-state index is 15.5. The van der Waals surface area contributed by atoms with Crippen LogP contribution in [0.5, 0.6) is 5.75 Å². The second kappa shape index (κ2) is 10.6. The quantitative estimate of drug-likeness (QED) is 0.298. The topological polar surface area (TPSA) is 115 Å². The minimum absolute atomic E-state index is 0.0684. The molecule has 0 aliphatic carbocycles. The maximum Gasteiger partial charge on any atom is 0.337 e. The number of aromatic nitrogens is 3. The summed E-state index contributed by atoms with van der Waals surface area (Å²) in [5, 5.41) is 17.7. The Morgan fingerprint density at radius 2 is 1.85 bits per heavy atom. The Hall–Kier alpha value is -4.31. The van der Waals surface area contributed by atoms with Crippen molar-refractivity contribution in [3.63, 3.8) is 0 Å². The molecule has 0 saturated heterocycles. The summed E-state index contributed by atoms with van der Waals surface area (Å²) in [7, 11) is 0. The average molecular weight is 561 g/mol. The van der Waals surface area contributed by atoms with Gasteiger partial charge in [-0.15, -0.1) is 0 Å². The lowest BCUT2D eigenvalue weighted by atomic mass is 9.91. The number of carbonyl (C=O) groups excluding carboxylic acids is 1. The van der Waals surface area contributed by atoms with Crippen molar-refractivity contribution in [1.29, 1.82) is 0 Å².